The van der Waals surface area contributed by atoms with E-state index < -0.39 is 0 Å². The van der Waals surface area contributed by atoms with E-state index in [0.29, 0.717) is 5.70 Å². The number of hydrazone groups is 1. The van der Waals surface area contributed by atoms with Crippen molar-refractivity contribution in [3.05, 3.63) is 59.3 Å². The molecule has 1 aliphatic heterocycles. The molecule has 0 spiro atoms. The van der Waals surface area contributed by atoms with Crippen LogP contribution in [0, 0.1) is 22.7 Å². The van der Waals surface area contributed by atoms with Crippen LogP contribution in [0.1, 0.15) is 5.56 Å². The van der Waals surface area contributed by atoms with Gasteiger partial charge in [0.05, 0.1) is 11.4 Å². The van der Waals surface area contributed by atoms with Gasteiger partial charge in [-0.3, -0.25) is 5.01 Å². The normalized spacial score (nSPS) is 13.6. The van der Waals surface area contributed by atoms with Crippen molar-refractivity contribution in [2.24, 2.45) is 5.10 Å². The summed E-state index contributed by atoms with van der Waals surface area (Å²) in [7, 11) is 1.72. The molecule has 0 radical (unpaired) electrons. The van der Waals surface area contributed by atoms with Crippen LogP contribution in [0.15, 0.2) is 58.9 Å². The average molecular weight is 234 g/mol. The van der Waals surface area contributed by atoms with Gasteiger partial charge in [0, 0.05) is 12.6 Å². The minimum atomic E-state index is 0.0598. The van der Waals surface area contributed by atoms with Crippen LogP contribution in [-0.2, 0) is 0 Å². The lowest BCUT2D eigenvalue weighted by molar-refractivity contribution is 0.456. The molecule has 0 unspecified atom stereocenters. The Balaban J connectivity index is 2.38. The molecule has 1 aromatic rings. The Bertz CT molecular complexity index is 608. The minimum Gasteiger partial charge on any atom is -0.266 e. The Kier molecular flexibility index (Phi) is 3.22. The first-order valence-corrected chi connectivity index (χ1v) is 5.36. The monoisotopic (exact) mass is 234 g/mol. The highest BCUT2D eigenvalue weighted by Crippen LogP contribution is 2.17. The van der Waals surface area contributed by atoms with Crippen LogP contribution in [0.25, 0.3) is 0 Å². The fourth-order valence-electron chi connectivity index (χ4n) is 1.66. The molecule has 0 fully saturated rings. The predicted molar refractivity (Wildman–Crippen MR) is 68.1 cm³/mol. The summed E-state index contributed by atoms with van der Waals surface area (Å²) in [5.74, 6) is 0. The number of nitriles is 2. The summed E-state index contributed by atoms with van der Waals surface area (Å²) < 4.78 is 0. The summed E-state index contributed by atoms with van der Waals surface area (Å²) in [5, 5.41) is 23.6. The summed E-state index contributed by atoms with van der Waals surface area (Å²) in [4.78, 5) is 0. The second-order valence-electron chi connectivity index (χ2n) is 3.69. The van der Waals surface area contributed by atoms with Crippen molar-refractivity contribution in [1.29, 1.82) is 10.5 Å². The second-order valence-corrected chi connectivity index (χ2v) is 3.69. The maximum atomic E-state index is 8.84. The number of allylic oxidation sites excluding steroid dienone is 3. The lowest BCUT2D eigenvalue weighted by Gasteiger charge is -2.19. The van der Waals surface area contributed by atoms with E-state index in [4.69, 9.17) is 10.5 Å². The van der Waals surface area contributed by atoms with E-state index in [2.05, 4.69) is 5.10 Å². The molecular weight excluding hydrogens is 224 g/mol. The van der Waals surface area contributed by atoms with Crippen LogP contribution in [-0.4, -0.2) is 17.8 Å². The van der Waals surface area contributed by atoms with E-state index in [1.54, 1.807) is 24.2 Å². The standard InChI is InChI=1S/C14H10N4/c1-18-14(12(9-15)10-16)8-7-13(17-18)11-5-3-2-4-6-11/h2-8H,1H3. The zero-order chi connectivity index (χ0) is 13.0. The molecule has 0 amide bonds. The van der Waals surface area contributed by atoms with Gasteiger partial charge >= 0.3 is 0 Å². The third-order valence-electron chi connectivity index (χ3n) is 2.55. The Morgan fingerprint density at radius 2 is 1.78 bits per heavy atom. The van der Waals surface area contributed by atoms with Crippen LogP contribution in [0.3, 0.4) is 0 Å². The number of benzene rings is 1. The zero-order valence-electron chi connectivity index (χ0n) is 9.83. The summed E-state index contributed by atoms with van der Waals surface area (Å²) >= 11 is 0. The van der Waals surface area contributed by atoms with E-state index in [9.17, 15) is 0 Å². The van der Waals surface area contributed by atoms with E-state index >= 15 is 0 Å². The quantitative estimate of drug-likeness (QED) is 0.700. The predicted octanol–water partition coefficient (Wildman–Crippen LogP) is 2.19. The molecule has 18 heavy (non-hydrogen) atoms. The van der Waals surface area contributed by atoms with E-state index in [0.717, 1.165) is 11.3 Å². The highest BCUT2D eigenvalue weighted by molar-refractivity contribution is 6.09. The van der Waals surface area contributed by atoms with Crippen LogP contribution in [0.5, 0.6) is 0 Å². The fourth-order valence-corrected chi connectivity index (χ4v) is 1.66. The molecule has 0 bridgehead atoms. The Hall–Kier alpha value is -2.85. The van der Waals surface area contributed by atoms with E-state index in [1.165, 1.54) is 0 Å². The molecule has 2 rings (SSSR count). The van der Waals surface area contributed by atoms with Gasteiger partial charge in [0.25, 0.3) is 0 Å². The van der Waals surface area contributed by atoms with Gasteiger partial charge < -0.3 is 0 Å². The Labute approximate surface area is 105 Å². The highest BCUT2D eigenvalue weighted by atomic mass is 15.4. The van der Waals surface area contributed by atoms with E-state index in [1.807, 2.05) is 42.5 Å². The third-order valence-corrected chi connectivity index (χ3v) is 2.55. The summed E-state index contributed by atoms with van der Waals surface area (Å²) in [6.07, 6.45) is 3.54. The molecular formula is C14H10N4. The first-order chi connectivity index (χ1) is 8.76. The molecule has 86 valence electrons. The summed E-state index contributed by atoms with van der Waals surface area (Å²) in [5.41, 5.74) is 2.37. The van der Waals surface area contributed by atoms with Gasteiger partial charge in [-0.1, -0.05) is 30.3 Å². The summed E-state index contributed by atoms with van der Waals surface area (Å²) in [6.45, 7) is 0. The SMILES string of the molecule is CN1N=C(c2ccccc2)C=CC1=C(C#N)C#N. The molecule has 0 aliphatic carbocycles. The van der Waals surface area contributed by atoms with Crippen LogP contribution < -0.4 is 0 Å². The van der Waals surface area contributed by atoms with Crippen LogP contribution in [0.2, 0.25) is 0 Å². The number of rotatable bonds is 1. The zero-order valence-corrected chi connectivity index (χ0v) is 9.83. The maximum Gasteiger partial charge on any atom is 0.154 e. The molecule has 0 aromatic heterocycles. The van der Waals surface area contributed by atoms with Gasteiger partial charge in [0.1, 0.15) is 12.1 Å². The van der Waals surface area contributed by atoms with Crippen molar-refractivity contribution in [2.45, 2.75) is 0 Å². The Morgan fingerprint density at radius 3 is 2.33 bits per heavy atom. The van der Waals surface area contributed by atoms with Gasteiger partial charge in [-0.25, -0.2) is 0 Å². The molecule has 4 nitrogen and oxygen atoms in total. The van der Waals surface area contributed by atoms with Crippen LogP contribution in [0.4, 0.5) is 0 Å². The van der Waals surface area contributed by atoms with Crippen molar-refractivity contribution >= 4 is 5.71 Å². The molecule has 4 heteroatoms. The second kappa shape index (κ2) is 4.99. The number of hydrogen-bond acceptors (Lipinski definition) is 4. The van der Waals surface area contributed by atoms with Gasteiger partial charge in [0.15, 0.2) is 5.57 Å². The third kappa shape index (κ3) is 2.14. The smallest absolute Gasteiger partial charge is 0.154 e. The average Bonchev–Trinajstić information content (AvgIpc) is 2.43. The lowest BCUT2D eigenvalue weighted by atomic mass is 10.1. The molecule has 0 N–H and O–H groups in total. The van der Waals surface area contributed by atoms with Crippen molar-refractivity contribution in [3.8, 4) is 12.1 Å². The number of hydrogen-bond donors (Lipinski definition) is 0. The van der Waals surface area contributed by atoms with Gasteiger partial charge in [-0.05, 0) is 12.2 Å². The maximum absolute atomic E-state index is 8.84. The molecule has 1 aromatic carbocycles. The first-order valence-electron chi connectivity index (χ1n) is 5.36. The number of nitrogens with zero attached hydrogens (tertiary/aromatic N) is 4. The van der Waals surface area contributed by atoms with Gasteiger partial charge in [-0.2, -0.15) is 15.6 Å². The van der Waals surface area contributed by atoms with Crippen molar-refractivity contribution in [2.75, 3.05) is 7.05 Å². The molecule has 0 atom stereocenters. The molecule has 0 saturated carbocycles. The fraction of sp³-hybridized carbons (Fsp3) is 0.0714. The first kappa shape index (κ1) is 11.6. The lowest BCUT2D eigenvalue weighted by Crippen LogP contribution is -2.18. The molecule has 0 saturated heterocycles. The topological polar surface area (TPSA) is 63.2 Å². The van der Waals surface area contributed by atoms with E-state index in [-0.39, 0.29) is 5.57 Å². The highest BCUT2D eigenvalue weighted by Gasteiger charge is 2.13. The van der Waals surface area contributed by atoms with Gasteiger partial charge in [-0.15, -0.1) is 0 Å². The van der Waals surface area contributed by atoms with Crippen molar-refractivity contribution in [1.82, 2.24) is 5.01 Å². The largest absolute Gasteiger partial charge is 0.266 e. The van der Waals surface area contributed by atoms with Crippen molar-refractivity contribution < 1.29 is 0 Å². The molecule has 1 aliphatic rings. The minimum absolute atomic E-state index is 0.0598. The summed E-state index contributed by atoms with van der Waals surface area (Å²) in [6, 6.07) is 13.5. The van der Waals surface area contributed by atoms with Crippen molar-refractivity contribution in [3.63, 3.8) is 0 Å². The number of likely N-dealkylation sites (N-methyl/N-ethyl adjacent to an activating group) is 1. The van der Waals surface area contributed by atoms with Crippen LogP contribution >= 0.6 is 0 Å². The molecule has 1 heterocycles. The van der Waals surface area contributed by atoms with Gasteiger partial charge in [0.2, 0.25) is 0 Å². The Morgan fingerprint density at radius 1 is 1.11 bits per heavy atom.